The van der Waals surface area contributed by atoms with Crippen molar-refractivity contribution in [3.05, 3.63) is 30.9 Å². The minimum absolute atomic E-state index is 0.451. The van der Waals surface area contributed by atoms with Crippen molar-refractivity contribution in [1.82, 2.24) is 19.2 Å². The lowest BCUT2D eigenvalue weighted by Gasteiger charge is -1.95. The van der Waals surface area contributed by atoms with Gasteiger partial charge in [-0.3, -0.25) is 0 Å². The van der Waals surface area contributed by atoms with E-state index in [4.69, 9.17) is 16.3 Å². The summed E-state index contributed by atoms with van der Waals surface area (Å²) >= 11 is 5.85. The summed E-state index contributed by atoms with van der Waals surface area (Å²) < 4.78 is 6.37. The van der Waals surface area contributed by atoms with Crippen LogP contribution in [0.4, 0.5) is 0 Å². The molecule has 0 atom stereocenters. The Morgan fingerprint density at radius 2 is 2.27 bits per heavy atom. The van der Waals surface area contributed by atoms with E-state index in [1.165, 1.54) is 10.4 Å². The number of rotatable bonds is 1. The maximum absolute atomic E-state index is 5.85. The molecule has 0 spiro atoms. The number of halogens is 1. The molecular formula is C9H5ClN4O. The third-order valence-electron chi connectivity index (χ3n) is 2.09. The van der Waals surface area contributed by atoms with Gasteiger partial charge in [-0.25, -0.2) is 9.07 Å². The minimum Gasteiger partial charge on any atom is -0.334 e. The Kier molecular flexibility index (Phi) is 1.72. The monoisotopic (exact) mass is 220 g/mol. The molecule has 0 unspecified atom stereocenters. The van der Waals surface area contributed by atoms with E-state index in [1.807, 2.05) is 12.1 Å². The number of pyridine rings is 1. The van der Waals surface area contributed by atoms with Gasteiger partial charge in [0.25, 0.3) is 5.89 Å². The molecule has 0 aliphatic rings. The van der Waals surface area contributed by atoms with Crippen molar-refractivity contribution < 1.29 is 4.52 Å². The van der Waals surface area contributed by atoms with E-state index in [0.717, 1.165) is 10.9 Å². The van der Waals surface area contributed by atoms with Gasteiger partial charge in [-0.15, -0.1) is 0 Å². The second-order valence-corrected chi connectivity index (χ2v) is 3.37. The maximum Gasteiger partial charge on any atom is 0.259 e. The summed E-state index contributed by atoms with van der Waals surface area (Å²) in [7, 11) is 0. The van der Waals surface area contributed by atoms with E-state index in [-0.39, 0.29) is 0 Å². The molecular weight excluding hydrogens is 216 g/mol. The van der Waals surface area contributed by atoms with Crippen LogP contribution >= 0.6 is 11.8 Å². The largest absolute Gasteiger partial charge is 0.334 e. The van der Waals surface area contributed by atoms with Crippen LogP contribution in [0.25, 0.3) is 22.5 Å². The zero-order chi connectivity index (χ0) is 10.3. The Morgan fingerprint density at radius 1 is 1.33 bits per heavy atom. The molecule has 0 N–H and O–H groups in total. The van der Waals surface area contributed by atoms with Gasteiger partial charge in [0, 0.05) is 29.6 Å². The first kappa shape index (κ1) is 8.43. The highest BCUT2D eigenvalue weighted by molar-refractivity contribution is 6.18. The predicted octanol–water partition coefficient (Wildman–Crippen LogP) is 2.09. The molecule has 0 radical (unpaired) electrons. The van der Waals surface area contributed by atoms with Gasteiger partial charge < -0.3 is 4.52 Å². The van der Waals surface area contributed by atoms with Crippen LogP contribution in [0, 0.1) is 0 Å². The van der Waals surface area contributed by atoms with Gasteiger partial charge >= 0.3 is 0 Å². The molecule has 5 nitrogen and oxygen atoms in total. The first-order valence-electron chi connectivity index (χ1n) is 4.25. The average Bonchev–Trinajstić information content (AvgIpc) is 2.88. The lowest BCUT2D eigenvalue weighted by Crippen LogP contribution is -1.84. The molecule has 0 aromatic carbocycles. The van der Waals surface area contributed by atoms with Gasteiger partial charge in [0.1, 0.15) is 0 Å². The van der Waals surface area contributed by atoms with Gasteiger partial charge in [0.2, 0.25) is 0 Å². The third kappa shape index (κ3) is 1.28. The molecule has 0 aliphatic heterocycles. The normalized spacial score (nSPS) is 11.0. The number of aromatic nitrogens is 4. The quantitative estimate of drug-likeness (QED) is 0.630. The van der Waals surface area contributed by atoms with E-state index in [1.54, 1.807) is 12.4 Å². The van der Waals surface area contributed by atoms with Crippen LogP contribution in [0.5, 0.6) is 0 Å². The molecule has 0 saturated carbocycles. The highest BCUT2D eigenvalue weighted by atomic mass is 35.5. The summed E-state index contributed by atoms with van der Waals surface area (Å²) in [6.07, 6.45) is 4.73. The molecule has 0 fully saturated rings. The zero-order valence-corrected chi connectivity index (χ0v) is 8.22. The molecule has 0 bridgehead atoms. The molecule has 74 valence electrons. The second-order valence-electron chi connectivity index (χ2n) is 3.01. The molecule has 15 heavy (non-hydrogen) atoms. The Bertz CT molecular complexity index is 602. The molecule has 3 aromatic heterocycles. The number of nitrogens with zero attached hydrogens (tertiary/aromatic N) is 4. The van der Waals surface area contributed by atoms with Crippen molar-refractivity contribution in [3.8, 4) is 11.5 Å². The van der Waals surface area contributed by atoms with E-state index in [2.05, 4.69) is 15.1 Å². The van der Waals surface area contributed by atoms with Crippen LogP contribution in [0.3, 0.4) is 0 Å². The van der Waals surface area contributed by atoms with Gasteiger partial charge in [-0.1, -0.05) is 5.16 Å². The first-order valence-corrected chi connectivity index (χ1v) is 4.59. The van der Waals surface area contributed by atoms with Crippen molar-refractivity contribution in [2.75, 3.05) is 0 Å². The molecule has 3 heterocycles. The molecule has 3 rings (SSSR count). The maximum atomic E-state index is 5.85. The van der Waals surface area contributed by atoms with E-state index >= 15 is 0 Å². The van der Waals surface area contributed by atoms with Crippen LogP contribution in [-0.4, -0.2) is 19.2 Å². The highest BCUT2D eigenvalue weighted by Crippen LogP contribution is 2.21. The van der Waals surface area contributed by atoms with Crippen LogP contribution in [0.2, 0.25) is 0 Å². The first-order chi connectivity index (χ1) is 7.34. The fourth-order valence-corrected chi connectivity index (χ4v) is 1.61. The Morgan fingerprint density at radius 3 is 3.07 bits per heavy atom. The molecule has 0 aliphatic carbocycles. The second kappa shape index (κ2) is 3.06. The fraction of sp³-hybridized carbons (Fsp3) is 0. The van der Waals surface area contributed by atoms with Gasteiger partial charge in [0.05, 0.1) is 5.56 Å². The predicted molar refractivity (Wildman–Crippen MR) is 54.3 cm³/mol. The molecule has 3 aromatic rings. The molecule has 6 heteroatoms. The van der Waals surface area contributed by atoms with Crippen LogP contribution in [-0.2, 0) is 0 Å². The highest BCUT2D eigenvalue weighted by Gasteiger charge is 2.07. The van der Waals surface area contributed by atoms with Crippen molar-refractivity contribution in [3.63, 3.8) is 0 Å². The minimum atomic E-state index is 0.451. The van der Waals surface area contributed by atoms with Crippen molar-refractivity contribution in [2.24, 2.45) is 0 Å². The van der Waals surface area contributed by atoms with Crippen LogP contribution < -0.4 is 0 Å². The Hall–Kier alpha value is -1.88. The fourth-order valence-electron chi connectivity index (χ4n) is 1.41. The van der Waals surface area contributed by atoms with Crippen LogP contribution in [0.15, 0.2) is 35.4 Å². The number of fused-ring (bicyclic) bond motifs is 1. The van der Waals surface area contributed by atoms with Crippen molar-refractivity contribution in [1.29, 1.82) is 0 Å². The summed E-state index contributed by atoms with van der Waals surface area (Å²) in [6, 6.07) is 3.77. The van der Waals surface area contributed by atoms with E-state index in [9.17, 15) is 0 Å². The molecule has 0 saturated heterocycles. The summed E-state index contributed by atoms with van der Waals surface area (Å²) in [5, 5.41) is 4.47. The van der Waals surface area contributed by atoms with Gasteiger partial charge in [-0.2, -0.15) is 4.98 Å². The number of hydrogen-bond donors (Lipinski definition) is 0. The lowest BCUT2D eigenvalue weighted by atomic mass is 10.2. The smallest absolute Gasteiger partial charge is 0.259 e. The lowest BCUT2D eigenvalue weighted by molar-refractivity contribution is 0.430. The van der Waals surface area contributed by atoms with Gasteiger partial charge in [0.15, 0.2) is 12.0 Å². The summed E-state index contributed by atoms with van der Waals surface area (Å²) in [4.78, 5) is 8.14. The summed E-state index contributed by atoms with van der Waals surface area (Å²) in [6.45, 7) is 0. The zero-order valence-electron chi connectivity index (χ0n) is 7.46. The average molecular weight is 221 g/mol. The molecule has 0 amide bonds. The van der Waals surface area contributed by atoms with Gasteiger partial charge in [-0.05, 0) is 12.1 Å². The summed E-state index contributed by atoms with van der Waals surface area (Å²) in [5.41, 5.74) is 1.49. The Balaban J connectivity index is 2.23. The van der Waals surface area contributed by atoms with Crippen molar-refractivity contribution in [2.45, 2.75) is 0 Å². The number of hydrogen-bond acceptors (Lipinski definition) is 4. The standard InChI is InChI=1S/C9H5ClN4O/c10-14-2-1-6-3-7(4-11-8(6)14)9-12-5-13-15-9/h1-5H. The Labute approximate surface area is 89.4 Å². The van der Waals surface area contributed by atoms with E-state index < -0.39 is 0 Å². The topological polar surface area (TPSA) is 56.7 Å². The van der Waals surface area contributed by atoms with Crippen LogP contribution in [0.1, 0.15) is 0 Å². The summed E-state index contributed by atoms with van der Waals surface area (Å²) in [5.74, 6) is 0.451. The third-order valence-corrected chi connectivity index (χ3v) is 2.36. The SMILES string of the molecule is Cln1ccc2cc(-c3ncno3)cnc21. The van der Waals surface area contributed by atoms with Crippen molar-refractivity contribution >= 4 is 22.8 Å². The van der Waals surface area contributed by atoms with E-state index in [0.29, 0.717) is 11.5 Å².